The lowest BCUT2D eigenvalue weighted by Crippen LogP contribution is -2.27. The average molecular weight is 452 g/mol. The molecule has 0 fully saturated rings. The van der Waals surface area contributed by atoms with Gasteiger partial charge in [-0.1, -0.05) is 0 Å². The number of nitrogens with zero attached hydrogens (tertiary/aromatic N) is 2. The van der Waals surface area contributed by atoms with Gasteiger partial charge in [-0.05, 0) is 35.9 Å². The monoisotopic (exact) mass is 451 g/mol. The van der Waals surface area contributed by atoms with Crippen LogP contribution in [0.1, 0.15) is 0 Å². The number of hydrogen-bond acceptors (Lipinski definition) is 7. The summed E-state index contributed by atoms with van der Waals surface area (Å²) in [4.78, 5) is 30.8. The number of hydrogen-bond donors (Lipinski definition) is 1. The summed E-state index contributed by atoms with van der Waals surface area (Å²) in [5.74, 6) is 1.49. The maximum atomic E-state index is 13.0. The molecule has 0 saturated carbocycles. The Hall–Kier alpha value is -3.85. The Morgan fingerprint density at radius 2 is 1.62 bits per heavy atom. The normalized spacial score (nSPS) is 10.7. The zero-order valence-corrected chi connectivity index (χ0v) is 18.6. The Bertz CT molecular complexity index is 1310. The number of ether oxygens (including phenoxy) is 3. The van der Waals surface area contributed by atoms with Crippen LogP contribution in [0.25, 0.3) is 20.7 Å². The molecule has 0 aliphatic carbocycles. The smallest absolute Gasteiger partial charge is 0.271 e. The van der Waals surface area contributed by atoms with Crippen LogP contribution in [0.15, 0.2) is 59.7 Å². The highest BCUT2D eigenvalue weighted by molar-refractivity contribution is 7.22. The van der Waals surface area contributed by atoms with Crippen molar-refractivity contribution in [2.75, 3.05) is 26.6 Å². The summed E-state index contributed by atoms with van der Waals surface area (Å²) in [5, 5.41) is 2.76. The van der Waals surface area contributed by atoms with E-state index in [2.05, 4.69) is 10.3 Å². The van der Waals surface area contributed by atoms with E-state index >= 15 is 0 Å². The van der Waals surface area contributed by atoms with Gasteiger partial charge in [-0.3, -0.25) is 14.2 Å². The summed E-state index contributed by atoms with van der Waals surface area (Å²) in [6, 6.07) is 14.5. The van der Waals surface area contributed by atoms with Crippen LogP contribution in [-0.2, 0) is 11.3 Å². The van der Waals surface area contributed by atoms with Crippen LogP contribution in [0.3, 0.4) is 0 Å². The number of carbonyl (C=O) groups is 1. The number of thiophene rings is 1. The second-order valence-electron chi connectivity index (χ2n) is 6.88. The average Bonchev–Trinajstić information content (AvgIpc) is 3.26. The molecule has 0 bridgehead atoms. The van der Waals surface area contributed by atoms with Gasteiger partial charge in [0, 0.05) is 28.8 Å². The number of amides is 1. The molecule has 0 atom stereocenters. The van der Waals surface area contributed by atoms with Gasteiger partial charge in [0.15, 0.2) is 0 Å². The van der Waals surface area contributed by atoms with Crippen LogP contribution < -0.4 is 25.1 Å². The van der Waals surface area contributed by atoms with Gasteiger partial charge in [-0.2, -0.15) is 0 Å². The fourth-order valence-corrected chi connectivity index (χ4v) is 4.26. The van der Waals surface area contributed by atoms with E-state index in [1.807, 2.05) is 30.3 Å². The topological polar surface area (TPSA) is 91.7 Å². The molecule has 2 heterocycles. The zero-order valence-electron chi connectivity index (χ0n) is 17.7. The molecule has 2 aromatic heterocycles. The fourth-order valence-electron chi connectivity index (χ4n) is 3.19. The molecule has 0 aliphatic rings. The predicted molar refractivity (Wildman–Crippen MR) is 124 cm³/mol. The van der Waals surface area contributed by atoms with Gasteiger partial charge in [0.05, 0.1) is 33.2 Å². The van der Waals surface area contributed by atoms with Crippen molar-refractivity contribution in [3.05, 3.63) is 65.2 Å². The van der Waals surface area contributed by atoms with Crippen molar-refractivity contribution < 1.29 is 19.0 Å². The van der Waals surface area contributed by atoms with Crippen molar-refractivity contribution >= 4 is 33.1 Å². The third-order valence-electron chi connectivity index (χ3n) is 4.83. The summed E-state index contributed by atoms with van der Waals surface area (Å²) < 4.78 is 17.4. The Kier molecular flexibility index (Phi) is 6.09. The number of aromatic nitrogens is 2. The largest absolute Gasteiger partial charge is 0.497 e. The van der Waals surface area contributed by atoms with Crippen molar-refractivity contribution in [2.24, 2.45) is 0 Å². The van der Waals surface area contributed by atoms with Crippen molar-refractivity contribution in [3.63, 3.8) is 0 Å². The molecule has 0 spiro atoms. The number of benzene rings is 2. The molecule has 1 N–H and O–H groups in total. The number of nitrogens with one attached hydrogen (secondary N) is 1. The summed E-state index contributed by atoms with van der Waals surface area (Å²) in [6.45, 7) is -0.170. The number of anilines is 1. The summed E-state index contributed by atoms with van der Waals surface area (Å²) in [7, 11) is 4.67. The second-order valence-corrected chi connectivity index (χ2v) is 7.93. The molecule has 4 rings (SSSR count). The molecule has 0 unspecified atom stereocenters. The van der Waals surface area contributed by atoms with Crippen molar-refractivity contribution in [3.8, 4) is 27.7 Å². The Balaban J connectivity index is 1.56. The van der Waals surface area contributed by atoms with Gasteiger partial charge < -0.3 is 19.5 Å². The minimum atomic E-state index is -0.365. The van der Waals surface area contributed by atoms with Crippen LogP contribution in [0, 0.1) is 0 Å². The molecule has 32 heavy (non-hydrogen) atoms. The SMILES string of the molecule is COc1ccc(-c2cc3ncn(CC(=O)Nc4cc(OC)cc(OC)c4)c(=O)c3s2)cc1. The standard InChI is InChI=1S/C23H21N3O5S/c1-29-16-6-4-14(5-7-16)20-11-19-22(32-20)23(28)26(13-24-19)12-21(27)25-15-8-17(30-2)10-18(9-15)31-3/h4-11,13H,12H2,1-3H3,(H,25,27). The number of rotatable bonds is 7. The summed E-state index contributed by atoms with van der Waals surface area (Å²) in [6.07, 6.45) is 1.39. The lowest BCUT2D eigenvalue weighted by Gasteiger charge is -2.10. The number of carbonyl (C=O) groups excluding carboxylic acids is 1. The first-order valence-corrected chi connectivity index (χ1v) is 10.5. The predicted octanol–water partition coefficient (Wildman–Crippen LogP) is 3.79. The molecule has 4 aromatic rings. The van der Waals surface area contributed by atoms with Gasteiger partial charge >= 0.3 is 0 Å². The van der Waals surface area contributed by atoms with E-state index in [-0.39, 0.29) is 18.0 Å². The first-order valence-electron chi connectivity index (χ1n) is 9.67. The fraction of sp³-hybridized carbons (Fsp3) is 0.174. The maximum Gasteiger partial charge on any atom is 0.271 e. The minimum Gasteiger partial charge on any atom is -0.497 e. The van der Waals surface area contributed by atoms with Gasteiger partial charge in [0.2, 0.25) is 5.91 Å². The third-order valence-corrected chi connectivity index (χ3v) is 5.99. The van der Waals surface area contributed by atoms with E-state index in [9.17, 15) is 9.59 Å². The molecule has 9 heteroatoms. The van der Waals surface area contributed by atoms with E-state index in [1.165, 1.54) is 36.5 Å². The first-order chi connectivity index (χ1) is 15.5. The third kappa shape index (κ3) is 4.42. The van der Waals surface area contributed by atoms with Crippen LogP contribution in [0.2, 0.25) is 0 Å². The zero-order chi connectivity index (χ0) is 22.7. The first kappa shape index (κ1) is 21.4. The highest BCUT2D eigenvalue weighted by Crippen LogP contribution is 2.31. The number of methoxy groups -OCH3 is 3. The summed E-state index contributed by atoms with van der Waals surface area (Å²) >= 11 is 1.34. The Labute approximate surface area is 188 Å². The van der Waals surface area contributed by atoms with E-state index in [0.717, 1.165) is 16.2 Å². The molecule has 2 aromatic carbocycles. The van der Waals surface area contributed by atoms with E-state index in [0.29, 0.717) is 27.4 Å². The van der Waals surface area contributed by atoms with Gasteiger partial charge in [0.1, 0.15) is 28.5 Å². The van der Waals surface area contributed by atoms with Gasteiger partial charge in [-0.25, -0.2) is 4.98 Å². The molecular formula is C23H21N3O5S. The lowest BCUT2D eigenvalue weighted by molar-refractivity contribution is -0.116. The Morgan fingerprint density at radius 1 is 0.969 bits per heavy atom. The van der Waals surface area contributed by atoms with Crippen molar-refractivity contribution in [1.29, 1.82) is 0 Å². The quantitative estimate of drug-likeness (QED) is 0.460. The maximum absolute atomic E-state index is 13.0. The van der Waals surface area contributed by atoms with E-state index in [1.54, 1.807) is 25.3 Å². The lowest BCUT2D eigenvalue weighted by atomic mass is 10.2. The van der Waals surface area contributed by atoms with Crippen molar-refractivity contribution in [2.45, 2.75) is 6.54 Å². The molecule has 0 radical (unpaired) electrons. The van der Waals surface area contributed by atoms with Crippen LogP contribution >= 0.6 is 11.3 Å². The van der Waals surface area contributed by atoms with Crippen LogP contribution in [0.5, 0.6) is 17.2 Å². The van der Waals surface area contributed by atoms with Gasteiger partial charge in [-0.15, -0.1) is 11.3 Å². The number of fused-ring (bicyclic) bond motifs is 1. The molecule has 164 valence electrons. The summed E-state index contributed by atoms with van der Waals surface area (Å²) in [5.41, 5.74) is 1.80. The molecule has 8 nitrogen and oxygen atoms in total. The van der Waals surface area contributed by atoms with Gasteiger partial charge in [0.25, 0.3) is 5.56 Å². The minimum absolute atomic E-state index is 0.170. The van der Waals surface area contributed by atoms with E-state index in [4.69, 9.17) is 14.2 Å². The van der Waals surface area contributed by atoms with Crippen LogP contribution in [0.4, 0.5) is 5.69 Å². The highest BCUT2D eigenvalue weighted by atomic mass is 32.1. The highest BCUT2D eigenvalue weighted by Gasteiger charge is 2.13. The molecule has 1 amide bonds. The molecule has 0 saturated heterocycles. The molecular weight excluding hydrogens is 430 g/mol. The van der Waals surface area contributed by atoms with Crippen molar-refractivity contribution in [1.82, 2.24) is 9.55 Å². The van der Waals surface area contributed by atoms with Crippen LogP contribution in [-0.4, -0.2) is 36.8 Å². The molecule has 0 aliphatic heterocycles. The second kappa shape index (κ2) is 9.11. The van der Waals surface area contributed by atoms with E-state index < -0.39 is 0 Å². The Morgan fingerprint density at radius 3 is 2.25 bits per heavy atom.